The van der Waals surface area contributed by atoms with Crippen molar-refractivity contribution in [3.63, 3.8) is 0 Å². The molecular weight excluding hydrogens is 254 g/mol. The number of nitrogens with two attached hydrogens (primary N) is 1. The summed E-state index contributed by atoms with van der Waals surface area (Å²) >= 11 is 0. The van der Waals surface area contributed by atoms with Crippen LogP contribution in [0.5, 0.6) is 5.75 Å². The number of benzene rings is 1. The molecular formula is C15H17N3O2. The van der Waals surface area contributed by atoms with Crippen molar-refractivity contribution in [1.82, 2.24) is 9.55 Å². The van der Waals surface area contributed by atoms with E-state index in [4.69, 9.17) is 10.5 Å². The highest BCUT2D eigenvalue weighted by Gasteiger charge is 2.24. The van der Waals surface area contributed by atoms with Gasteiger partial charge in [0, 0.05) is 18.5 Å². The van der Waals surface area contributed by atoms with E-state index in [2.05, 4.69) is 4.98 Å². The van der Waals surface area contributed by atoms with Crippen LogP contribution in [0.3, 0.4) is 0 Å². The van der Waals surface area contributed by atoms with Crippen molar-refractivity contribution in [2.75, 3.05) is 12.8 Å². The largest absolute Gasteiger partial charge is 0.497 e. The van der Waals surface area contributed by atoms with Gasteiger partial charge in [-0.05, 0) is 37.1 Å². The Morgan fingerprint density at radius 3 is 2.75 bits per heavy atom. The Bertz CT molecular complexity index is 644. The highest BCUT2D eigenvalue weighted by atomic mass is 16.5. The van der Waals surface area contributed by atoms with E-state index in [-0.39, 0.29) is 5.78 Å². The van der Waals surface area contributed by atoms with E-state index in [0.29, 0.717) is 17.1 Å². The van der Waals surface area contributed by atoms with E-state index < -0.39 is 0 Å². The summed E-state index contributed by atoms with van der Waals surface area (Å²) in [5.41, 5.74) is 7.06. The number of rotatable bonds is 3. The number of hydrogen-bond donors (Lipinski definition) is 1. The molecule has 104 valence electrons. The van der Waals surface area contributed by atoms with E-state index in [1.165, 1.54) is 0 Å². The first kappa shape index (κ1) is 12.7. The maximum absolute atomic E-state index is 12.6. The molecule has 0 aliphatic carbocycles. The zero-order valence-electron chi connectivity index (χ0n) is 11.4. The molecule has 0 unspecified atom stereocenters. The quantitative estimate of drug-likeness (QED) is 0.867. The van der Waals surface area contributed by atoms with Gasteiger partial charge in [0.1, 0.15) is 17.3 Å². The van der Waals surface area contributed by atoms with Crippen molar-refractivity contribution in [2.24, 2.45) is 0 Å². The molecule has 5 nitrogen and oxygen atoms in total. The van der Waals surface area contributed by atoms with Crippen LogP contribution in [-0.4, -0.2) is 22.4 Å². The van der Waals surface area contributed by atoms with Gasteiger partial charge in [0.15, 0.2) is 5.82 Å². The van der Waals surface area contributed by atoms with Gasteiger partial charge in [0.05, 0.1) is 7.11 Å². The Kier molecular flexibility index (Phi) is 3.18. The highest BCUT2D eigenvalue weighted by molar-refractivity contribution is 6.10. The van der Waals surface area contributed by atoms with Gasteiger partial charge in [-0.25, -0.2) is 4.98 Å². The zero-order chi connectivity index (χ0) is 14.1. The van der Waals surface area contributed by atoms with Crippen molar-refractivity contribution in [1.29, 1.82) is 0 Å². The maximum Gasteiger partial charge on any atom is 0.213 e. The number of aryl methyl sites for hydroxylation is 1. The standard InChI is InChI=1S/C15H17N3O2/c1-20-11-7-5-10(6-8-11)14(19)13-15(16)17-12-4-2-3-9-18(12)13/h5-8H,2-4,9,16H2,1H3. The maximum atomic E-state index is 12.6. The van der Waals surface area contributed by atoms with Crippen LogP contribution < -0.4 is 10.5 Å². The minimum absolute atomic E-state index is 0.0780. The van der Waals surface area contributed by atoms with Crippen LogP contribution in [0.1, 0.15) is 34.7 Å². The fourth-order valence-electron chi connectivity index (χ4n) is 2.62. The summed E-state index contributed by atoms with van der Waals surface area (Å²) in [6, 6.07) is 7.06. The fourth-order valence-corrected chi connectivity index (χ4v) is 2.62. The summed E-state index contributed by atoms with van der Waals surface area (Å²) in [7, 11) is 1.60. The van der Waals surface area contributed by atoms with Crippen molar-refractivity contribution in [2.45, 2.75) is 25.8 Å². The average Bonchev–Trinajstić information content (AvgIpc) is 2.82. The molecule has 0 atom stereocenters. The van der Waals surface area contributed by atoms with E-state index in [1.54, 1.807) is 31.4 Å². The van der Waals surface area contributed by atoms with Crippen LogP contribution in [0.15, 0.2) is 24.3 Å². The van der Waals surface area contributed by atoms with Crippen LogP contribution >= 0.6 is 0 Å². The number of nitrogens with zero attached hydrogens (tertiary/aromatic N) is 2. The predicted octanol–water partition coefficient (Wildman–Crippen LogP) is 2.04. The predicted molar refractivity (Wildman–Crippen MR) is 76.0 cm³/mol. The Morgan fingerprint density at radius 2 is 2.05 bits per heavy atom. The minimum atomic E-state index is -0.0780. The third-order valence-electron chi connectivity index (χ3n) is 3.67. The lowest BCUT2D eigenvalue weighted by Gasteiger charge is -2.15. The minimum Gasteiger partial charge on any atom is -0.497 e. The van der Waals surface area contributed by atoms with Gasteiger partial charge in [-0.1, -0.05) is 0 Å². The van der Waals surface area contributed by atoms with E-state index in [1.807, 2.05) is 4.57 Å². The van der Waals surface area contributed by atoms with Crippen LogP contribution in [0, 0.1) is 0 Å². The molecule has 2 N–H and O–H groups in total. The number of imidazole rings is 1. The van der Waals surface area contributed by atoms with Gasteiger partial charge in [-0.15, -0.1) is 0 Å². The van der Waals surface area contributed by atoms with Crippen LogP contribution in [-0.2, 0) is 13.0 Å². The average molecular weight is 271 g/mol. The summed E-state index contributed by atoms with van der Waals surface area (Å²) in [6.45, 7) is 0.816. The first-order valence-corrected chi connectivity index (χ1v) is 6.74. The molecule has 3 rings (SSSR count). The second kappa shape index (κ2) is 5.00. The zero-order valence-corrected chi connectivity index (χ0v) is 11.4. The fraction of sp³-hybridized carbons (Fsp3) is 0.333. The number of ketones is 1. The van der Waals surface area contributed by atoms with Crippen molar-refractivity contribution in [3.05, 3.63) is 41.3 Å². The van der Waals surface area contributed by atoms with Gasteiger partial charge < -0.3 is 15.0 Å². The molecule has 0 radical (unpaired) electrons. The number of carbonyl (C=O) groups excluding carboxylic acids is 1. The Hall–Kier alpha value is -2.30. The van der Waals surface area contributed by atoms with E-state index in [9.17, 15) is 4.79 Å². The van der Waals surface area contributed by atoms with Gasteiger partial charge in [0.2, 0.25) is 5.78 Å². The summed E-state index contributed by atoms with van der Waals surface area (Å²) in [4.78, 5) is 16.9. The molecule has 2 heterocycles. The Labute approximate surface area is 117 Å². The monoisotopic (exact) mass is 271 g/mol. The molecule has 5 heteroatoms. The molecule has 0 saturated carbocycles. The molecule has 0 amide bonds. The summed E-state index contributed by atoms with van der Waals surface area (Å²) in [5, 5.41) is 0. The number of anilines is 1. The molecule has 1 aromatic carbocycles. The second-order valence-electron chi connectivity index (χ2n) is 4.93. The molecule has 0 spiro atoms. The topological polar surface area (TPSA) is 70.1 Å². The number of ether oxygens (including phenoxy) is 1. The summed E-state index contributed by atoms with van der Waals surface area (Å²) < 4.78 is 7.06. The number of carbonyl (C=O) groups is 1. The SMILES string of the molecule is COc1ccc(C(=O)c2c(N)nc3n2CCCC3)cc1. The normalized spacial score (nSPS) is 13.8. The second-order valence-corrected chi connectivity index (χ2v) is 4.93. The van der Waals surface area contributed by atoms with Crippen LogP contribution in [0.25, 0.3) is 0 Å². The lowest BCUT2D eigenvalue weighted by molar-refractivity contribution is 0.103. The molecule has 20 heavy (non-hydrogen) atoms. The molecule has 2 aromatic rings. The molecule has 1 aliphatic rings. The van der Waals surface area contributed by atoms with Crippen molar-refractivity contribution < 1.29 is 9.53 Å². The summed E-state index contributed by atoms with van der Waals surface area (Å²) in [6.07, 6.45) is 3.05. The summed E-state index contributed by atoms with van der Waals surface area (Å²) in [5.74, 6) is 1.91. The molecule has 0 bridgehead atoms. The molecule has 0 saturated heterocycles. The van der Waals surface area contributed by atoms with Crippen molar-refractivity contribution >= 4 is 11.6 Å². The highest BCUT2D eigenvalue weighted by Crippen LogP contribution is 2.24. The Balaban J connectivity index is 1.99. The first-order valence-electron chi connectivity index (χ1n) is 6.74. The third kappa shape index (κ3) is 2.05. The number of hydrogen-bond acceptors (Lipinski definition) is 4. The van der Waals surface area contributed by atoms with Gasteiger partial charge in [0.25, 0.3) is 0 Å². The smallest absolute Gasteiger partial charge is 0.213 e. The first-order chi connectivity index (χ1) is 9.70. The van der Waals surface area contributed by atoms with E-state index >= 15 is 0 Å². The Morgan fingerprint density at radius 1 is 1.30 bits per heavy atom. The van der Waals surface area contributed by atoms with Gasteiger partial charge in [-0.3, -0.25) is 4.79 Å². The van der Waals surface area contributed by atoms with Gasteiger partial charge in [-0.2, -0.15) is 0 Å². The number of methoxy groups -OCH3 is 1. The van der Waals surface area contributed by atoms with Crippen LogP contribution in [0.2, 0.25) is 0 Å². The lowest BCUT2D eigenvalue weighted by Crippen LogP contribution is -2.17. The molecule has 1 aromatic heterocycles. The number of aromatic nitrogens is 2. The van der Waals surface area contributed by atoms with Gasteiger partial charge >= 0.3 is 0 Å². The molecule has 1 aliphatic heterocycles. The van der Waals surface area contributed by atoms with Crippen molar-refractivity contribution in [3.8, 4) is 5.75 Å². The molecule has 0 fully saturated rings. The van der Waals surface area contributed by atoms with Crippen LogP contribution in [0.4, 0.5) is 5.82 Å². The van der Waals surface area contributed by atoms with E-state index in [0.717, 1.165) is 37.4 Å². The third-order valence-corrected chi connectivity index (χ3v) is 3.67. The number of nitrogen functional groups attached to an aromatic ring is 1. The lowest BCUT2D eigenvalue weighted by atomic mass is 10.1. The number of fused-ring (bicyclic) bond motifs is 1.